The summed E-state index contributed by atoms with van der Waals surface area (Å²) in [6.07, 6.45) is 1.03. The van der Waals surface area contributed by atoms with Crippen molar-refractivity contribution in [3.05, 3.63) is 77.1 Å². The summed E-state index contributed by atoms with van der Waals surface area (Å²) in [7, 11) is 1.63. The monoisotopic (exact) mass is 427 g/mol. The van der Waals surface area contributed by atoms with Crippen LogP contribution in [0.2, 0.25) is 0 Å². The molecule has 0 spiro atoms. The average Bonchev–Trinajstić information content (AvgIpc) is 3.34. The van der Waals surface area contributed by atoms with E-state index in [1.54, 1.807) is 23.8 Å². The second-order valence-electron chi connectivity index (χ2n) is 8.19. The van der Waals surface area contributed by atoms with Gasteiger partial charge in [-0.2, -0.15) is 0 Å². The van der Waals surface area contributed by atoms with Crippen LogP contribution in [0.25, 0.3) is 33.4 Å². The topological polar surface area (TPSA) is 76.4 Å². The Morgan fingerprint density at radius 2 is 1.88 bits per heavy atom. The maximum Gasteiger partial charge on any atom is 0.261 e. The number of para-hydroxylation sites is 1. The fraction of sp³-hybridized carbons (Fsp3) is 0.231. The molecule has 0 saturated carbocycles. The smallest absolute Gasteiger partial charge is 0.261 e. The maximum atomic E-state index is 13.8. The Morgan fingerprint density at radius 3 is 2.62 bits per heavy atom. The number of ether oxygens (including phenoxy) is 1. The van der Waals surface area contributed by atoms with E-state index >= 15 is 0 Å². The summed E-state index contributed by atoms with van der Waals surface area (Å²) in [4.78, 5) is 18.7. The van der Waals surface area contributed by atoms with Crippen molar-refractivity contribution in [1.82, 2.24) is 14.9 Å². The maximum absolute atomic E-state index is 13.8. The number of aromatic hydroxyl groups is 1. The van der Waals surface area contributed by atoms with Crippen LogP contribution in [0.1, 0.15) is 6.42 Å². The highest BCUT2D eigenvalue weighted by molar-refractivity contribution is 5.85. The minimum absolute atomic E-state index is 0.0524. The molecule has 32 heavy (non-hydrogen) atoms. The van der Waals surface area contributed by atoms with Gasteiger partial charge in [-0.3, -0.25) is 9.36 Å². The van der Waals surface area contributed by atoms with Gasteiger partial charge in [0.1, 0.15) is 17.3 Å². The highest BCUT2D eigenvalue weighted by Gasteiger charge is 2.21. The predicted molar refractivity (Wildman–Crippen MR) is 126 cm³/mol. The second-order valence-corrected chi connectivity index (χ2v) is 8.19. The summed E-state index contributed by atoms with van der Waals surface area (Å²) in [5.74, 6) is 1.91. The standard InChI is InChI=1S/C26H25N3O3/c1-32-24-5-3-2-4-21(24)25-28-23-11-8-19(18-6-9-20(30)10-7-18)14-22(23)26(31)29(25)16-17-12-13-27-15-17/h2-11,14,17,27,30H,12-13,15-16H2,1H3. The third kappa shape index (κ3) is 3.74. The summed E-state index contributed by atoms with van der Waals surface area (Å²) < 4.78 is 7.38. The number of hydrogen-bond acceptors (Lipinski definition) is 5. The molecule has 0 bridgehead atoms. The van der Waals surface area contributed by atoms with E-state index < -0.39 is 0 Å². The number of hydrogen-bond donors (Lipinski definition) is 2. The predicted octanol–water partition coefficient (Wildman–Crippen LogP) is 4.05. The zero-order chi connectivity index (χ0) is 22.1. The third-order valence-electron chi connectivity index (χ3n) is 6.11. The first-order valence-electron chi connectivity index (χ1n) is 10.8. The number of nitrogens with zero attached hydrogens (tertiary/aromatic N) is 2. The van der Waals surface area contributed by atoms with Gasteiger partial charge >= 0.3 is 0 Å². The van der Waals surface area contributed by atoms with Crippen LogP contribution in [0.3, 0.4) is 0 Å². The van der Waals surface area contributed by atoms with Gasteiger partial charge in [0.25, 0.3) is 5.56 Å². The van der Waals surface area contributed by atoms with Gasteiger partial charge in [-0.05, 0) is 73.0 Å². The third-order valence-corrected chi connectivity index (χ3v) is 6.11. The number of benzene rings is 3. The number of aromatic nitrogens is 2. The molecule has 0 radical (unpaired) electrons. The molecule has 5 rings (SSSR count). The Labute approximate surface area is 186 Å². The van der Waals surface area contributed by atoms with Gasteiger partial charge < -0.3 is 15.2 Å². The minimum atomic E-state index is -0.0524. The number of methoxy groups -OCH3 is 1. The van der Waals surface area contributed by atoms with Gasteiger partial charge in [-0.15, -0.1) is 0 Å². The van der Waals surface area contributed by atoms with Gasteiger partial charge in [0, 0.05) is 6.54 Å². The van der Waals surface area contributed by atoms with Crippen molar-refractivity contribution in [3.63, 3.8) is 0 Å². The Hall–Kier alpha value is -3.64. The quantitative estimate of drug-likeness (QED) is 0.502. The lowest BCUT2D eigenvalue weighted by atomic mass is 10.0. The molecular formula is C26H25N3O3. The lowest BCUT2D eigenvalue weighted by Crippen LogP contribution is -2.28. The van der Waals surface area contributed by atoms with Crippen LogP contribution >= 0.6 is 0 Å². The number of fused-ring (bicyclic) bond motifs is 1. The van der Waals surface area contributed by atoms with Crippen LogP contribution in [0.4, 0.5) is 0 Å². The molecule has 1 fully saturated rings. The van der Waals surface area contributed by atoms with Crippen LogP contribution in [0, 0.1) is 5.92 Å². The normalized spacial score (nSPS) is 15.8. The van der Waals surface area contributed by atoms with Gasteiger partial charge in [0.05, 0.1) is 23.6 Å². The molecule has 2 N–H and O–H groups in total. The van der Waals surface area contributed by atoms with Crippen molar-refractivity contribution >= 4 is 10.9 Å². The van der Waals surface area contributed by atoms with E-state index in [1.807, 2.05) is 54.6 Å². The molecule has 3 aromatic carbocycles. The van der Waals surface area contributed by atoms with Crippen molar-refractivity contribution in [2.24, 2.45) is 5.92 Å². The highest BCUT2D eigenvalue weighted by atomic mass is 16.5. The lowest BCUT2D eigenvalue weighted by molar-refractivity contribution is 0.415. The lowest BCUT2D eigenvalue weighted by Gasteiger charge is -2.18. The molecule has 4 aromatic rings. The van der Waals surface area contributed by atoms with Crippen LogP contribution in [0.15, 0.2) is 71.5 Å². The van der Waals surface area contributed by atoms with Crippen LogP contribution in [-0.4, -0.2) is 34.9 Å². The summed E-state index contributed by atoms with van der Waals surface area (Å²) in [6, 6.07) is 20.4. The molecule has 1 atom stereocenters. The van der Waals surface area contributed by atoms with E-state index in [0.717, 1.165) is 36.2 Å². The average molecular weight is 428 g/mol. The zero-order valence-corrected chi connectivity index (χ0v) is 17.9. The van der Waals surface area contributed by atoms with Crippen LogP contribution < -0.4 is 15.6 Å². The van der Waals surface area contributed by atoms with Gasteiger partial charge in [0.15, 0.2) is 0 Å². The number of nitrogens with one attached hydrogen (secondary N) is 1. The molecular weight excluding hydrogens is 402 g/mol. The summed E-state index contributed by atoms with van der Waals surface area (Å²) in [5.41, 5.74) is 3.25. The van der Waals surface area contributed by atoms with Crippen molar-refractivity contribution in [3.8, 4) is 34.0 Å². The van der Waals surface area contributed by atoms with Gasteiger partial charge in [0.2, 0.25) is 0 Å². The van der Waals surface area contributed by atoms with E-state index in [1.165, 1.54) is 0 Å². The molecule has 2 heterocycles. The molecule has 1 saturated heterocycles. The Balaban J connectivity index is 1.71. The fourth-order valence-corrected chi connectivity index (χ4v) is 4.39. The molecule has 162 valence electrons. The second kappa shape index (κ2) is 8.48. The van der Waals surface area contributed by atoms with E-state index in [-0.39, 0.29) is 11.3 Å². The molecule has 1 aliphatic heterocycles. The van der Waals surface area contributed by atoms with E-state index in [0.29, 0.717) is 34.9 Å². The van der Waals surface area contributed by atoms with E-state index in [2.05, 4.69) is 5.32 Å². The fourth-order valence-electron chi connectivity index (χ4n) is 4.39. The van der Waals surface area contributed by atoms with Crippen molar-refractivity contribution in [1.29, 1.82) is 0 Å². The molecule has 6 heteroatoms. The summed E-state index contributed by atoms with van der Waals surface area (Å²) in [5, 5.41) is 13.6. The van der Waals surface area contributed by atoms with Crippen molar-refractivity contribution in [2.45, 2.75) is 13.0 Å². The molecule has 1 aliphatic rings. The highest BCUT2D eigenvalue weighted by Crippen LogP contribution is 2.30. The van der Waals surface area contributed by atoms with Crippen LogP contribution in [-0.2, 0) is 6.54 Å². The first kappa shape index (κ1) is 20.3. The largest absolute Gasteiger partial charge is 0.508 e. The molecule has 0 aliphatic carbocycles. The summed E-state index contributed by atoms with van der Waals surface area (Å²) >= 11 is 0. The van der Waals surface area contributed by atoms with Crippen molar-refractivity contribution < 1.29 is 9.84 Å². The van der Waals surface area contributed by atoms with E-state index in [4.69, 9.17) is 9.72 Å². The first-order chi connectivity index (χ1) is 15.6. The number of phenolic OH excluding ortho intramolecular Hbond substituents is 1. The van der Waals surface area contributed by atoms with Crippen molar-refractivity contribution in [2.75, 3.05) is 20.2 Å². The van der Waals surface area contributed by atoms with Gasteiger partial charge in [-0.25, -0.2) is 4.98 Å². The Bertz CT molecular complexity index is 1320. The molecule has 0 amide bonds. The Morgan fingerprint density at radius 1 is 1.09 bits per heavy atom. The zero-order valence-electron chi connectivity index (χ0n) is 17.9. The number of phenols is 1. The Kier molecular flexibility index (Phi) is 5.37. The number of rotatable bonds is 5. The van der Waals surface area contributed by atoms with Gasteiger partial charge in [-0.1, -0.05) is 30.3 Å². The first-order valence-corrected chi connectivity index (χ1v) is 10.8. The molecule has 6 nitrogen and oxygen atoms in total. The van der Waals surface area contributed by atoms with Crippen LogP contribution in [0.5, 0.6) is 11.5 Å². The molecule has 1 aromatic heterocycles. The SMILES string of the molecule is COc1ccccc1-c1nc2ccc(-c3ccc(O)cc3)cc2c(=O)n1CC1CCNC1. The summed E-state index contributed by atoms with van der Waals surface area (Å²) in [6.45, 7) is 2.46. The molecule has 1 unspecified atom stereocenters. The van der Waals surface area contributed by atoms with E-state index in [9.17, 15) is 9.90 Å². The minimum Gasteiger partial charge on any atom is -0.508 e.